The summed E-state index contributed by atoms with van der Waals surface area (Å²) in [7, 11) is 1.59. The molecule has 3 aromatic rings. The number of carbonyl (C=O) groups is 1. The molecule has 1 amide bonds. The van der Waals surface area contributed by atoms with Crippen LogP contribution in [0.4, 0.5) is 5.69 Å². The zero-order chi connectivity index (χ0) is 19.4. The highest BCUT2D eigenvalue weighted by Gasteiger charge is 2.12. The fraction of sp³-hybridized carbons (Fsp3) is 0.150. The van der Waals surface area contributed by atoms with Gasteiger partial charge in [-0.3, -0.25) is 9.59 Å². The van der Waals surface area contributed by atoms with Crippen molar-refractivity contribution in [2.24, 2.45) is 0 Å². The van der Waals surface area contributed by atoms with Gasteiger partial charge in [0.1, 0.15) is 17.3 Å². The lowest BCUT2D eigenvalue weighted by Gasteiger charge is -2.08. The molecule has 0 aliphatic rings. The second-order valence-electron chi connectivity index (χ2n) is 6.02. The summed E-state index contributed by atoms with van der Waals surface area (Å²) in [5, 5.41) is 3.25. The zero-order valence-corrected chi connectivity index (χ0v) is 15.6. The molecule has 0 atom stereocenters. The summed E-state index contributed by atoms with van der Waals surface area (Å²) in [6.45, 7) is 1.87. The van der Waals surface area contributed by atoms with Gasteiger partial charge in [-0.15, -0.1) is 0 Å². The van der Waals surface area contributed by atoms with Gasteiger partial charge in [-0.25, -0.2) is 4.98 Å². The van der Waals surface area contributed by atoms with E-state index in [0.717, 1.165) is 16.9 Å². The van der Waals surface area contributed by atoms with Gasteiger partial charge < -0.3 is 15.0 Å². The van der Waals surface area contributed by atoms with E-state index in [9.17, 15) is 9.59 Å². The van der Waals surface area contributed by atoms with E-state index in [-0.39, 0.29) is 11.3 Å². The van der Waals surface area contributed by atoms with E-state index >= 15 is 0 Å². The average molecular weight is 384 g/mol. The standard InChI is InChI=1S/C20H18ClN3O3/c1-12-3-6-14(10-16(12)21)22-20(26)17-11-19(25)24-18(23-17)9-13-4-7-15(27-2)8-5-13/h3-8,10-11H,9H2,1-2H3,(H,22,26)(H,23,24,25). The van der Waals surface area contributed by atoms with Crippen LogP contribution in [0.3, 0.4) is 0 Å². The first kappa shape index (κ1) is 18.7. The van der Waals surface area contributed by atoms with E-state index in [1.165, 1.54) is 6.07 Å². The number of halogens is 1. The van der Waals surface area contributed by atoms with Crippen molar-refractivity contribution in [3.05, 3.63) is 86.6 Å². The fourth-order valence-electron chi connectivity index (χ4n) is 2.51. The van der Waals surface area contributed by atoms with Crippen LogP contribution >= 0.6 is 11.6 Å². The van der Waals surface area contributed by atoms with Gasteiger partial charge >= 0.3 is 0 Å². The number of hydrogen-bond donors (Lipinski definition) is 2. The number of nitrogens with one attached hydrogen (secondary N) is 2. The quantitative estimate of drug-likeness (QED) is 0.705. The molecule has 0 fully saturated rings. The number of hydrogen-bond acceptors (Lipinski definition) is 4. The van der Waals surface area contributed by atoms with Crippen LogP contribution in [-0.4, -0.2) is 23.0 Å². The lowest BCUT2D eigenvalue weighted by molar-refractivity contribution is 0.102. The van der Waals surface area contributed by atoms with Crippen LogP contribution in [0.15, 0.2) is 53.3 Å². The summed E-state index contributed by atoms with van der Waals surface area (Å²) in [6.07, 6.45) is 0.386. The van der Waals surface area contributed by atoms with Gasteiger partial charge in [0.05, 0.1) is 7.11 Å². The van der Waals surface area contributed by atoms with Crippen LogP contribution in [0.1, 0.15) is 27.4 Å². The highest BCUT2D eigenvalue weighted by molar-refractivity contribution is 6.31. The molecule has 27 heavy (non-hydrogen) atoms. The first-order chi connectivity index (χ1) is 12.9. The second-order valence-corrected chi connectivity index (χ2v) is 6.43. The Bertz CT molecular complexity index is 1030. The molecule has 3 rings (SSSR count). The minimum absolute atomic E-state index is 0.0407. The maximum Gasteiger partial charge on any atom is 0.274 e. The van der Waals surface area contributed by atoms with Crippen molar-refractivity contribution in [2.75, 3.05) is 12.4 Å². The van der Waals surface area contributed by atoms with E-state index in [1.54, 1.807) is 25.3 Å². The first-order valence-corrected chi connectivity index (χ1v) is 8.63. The van der Waals surface area contributed by atoms with Crippen molar-refractivity contribution in [1.82, 2.24) is 9.97 Å². The van der Waals surface area contributed by atoms with Crippen LogP contribution in [0, 0.1) is 6.92 Å². The Balaban J connectivity index is 1.80. The molecule has 138 valence electrons. The molecule has 0 spiro atoms. The molecule has 2 N–H and O–H groups in total. The van der Waals surface area contributed by atoms with Crippen molar-refractivity contribution < 1.29 is 9.53 Å². The molecular weight excluding hydrogens is 366 g/mol. The smallest absolute Gasteiger partial charge is 0.274 e. The Morgan fingerprint density at radius 2 is 1.93 bits per heavy atom. The van der Waals surface area contributed by atoms with E-state index in [2.05, 4.69) is 15.3 Å². The summed E-state index contributed by atoms with van der Waals surface area (Å²) >= 11 is 6.07. The predicted octanol–water partition coefficient (Wildman–Crippen LogP) is 3.58. The van der Waals surface area contributed by atoms with Gasteiger partial charge in [0.25, 0.3) is 11.5 Å². The third kappa shape index (κ3) is 4.74. The van der Waals surface area contributed by atoms with Crippen LogP contribution in [-0.2, 0) is 6.42 Å². The van der Waals surface area contributed by atoms with Crippen LogP contribution in [0.2, 0.25) is 5.02 Å². The normalized spacial score (nSPS) is 10.5. The van der Waals surface area contributed by atoms with Gasteiger partial charge in [-0.2, -0.15) is 0 Å². The largest absolute Gasteiger partial charge is 0.497 e. The van der Waals surface area contributed by atoms with Crippen LogP contribution in [0.5, 0.6) is 5.75 Å². The molecule has 1 heterocycles. The van der Waals surface area contributed by atoms with Gasteiger partial charge in [-0.1, -0.05) is 29.8 Å². The monoisotopic (exact) mass is 383 g/mol. The van der Waals surface area contributed by atoms with Gasteiger partial charge in [0.2, 0.25) is 0 Å². The number of aromatic amines is 1. The summed E-state index contributed by atoms with van der Waals surface area (Å²) < 4.78 is 5.13. The number of methoxy groups -OCH3 is 1. The van der Waals surface area contributed by atoms with Gasteiger partial charge in [0, 0.05) is 23.2 Å². The van der Waals surface area contributed by atoms with Crippen LogP contribution in [0.25, 0.3) is 0 Å². The van der Waals surface area contributed by atoms with E-state index < -0.39 is 5.91 Å². The SMILES string of the molecule is COc1ccc(Cc2nc(C(=O)Nc3ccc(C)c(Cl)c3)cc(=O)[nH]2)cc1. The molecular formula is C20H18ClN3O3. The molecule has 0 radical (unpaired) electrons. The molecule has 7 heteroatoms. The predicted molar refractivity (Wildman–Crippen MR) is 105 cm³/mol. The molecule has 0 saturated heterocycles. The molecule has 0 aliphatic heterocycles. The Hall–Kier alpha value is -3.12. The van der Waals surface area contributed by atoms with E-state index in [1.807, 2.05) is 31.2 Å². The summed E-state index contributed by atoms with van der Waals surface area (Å²) in [6, 6.07) is 13.8. The topological polar surface area (TPSA) is 84.1 Å². The van der Waals surface area contributed by atoms with Gasteiger partial charge in [0.15, 0.2) is 0 Å². The summed E-state index contributed by atoms with van der Waals surface area (Å²) in [5.41, 5.74) is 2.03. The molecule has 0 aliphatic carbocycles. The van der Waals surface area contributed by atoms with Crippen LogP contribution < -0.4 is 15.6 Å². The molecule has 0 unspecified atom stereocenters. The van der Waals surface area contributed by atoms with Crippen molar-refractivity contribution in [2.45, 2.75) is 13.3 Å². The highest BCUT2D eigenvalue weighted by Crippen LogP contribution is 2.20. The maximum absolute atomic E-state index is 12.5. The third-order valence-corrected chi connectivity index (χ3v) is 4.39. The Labute approximate surface area is 161 Å². The Morgan fingerprint density at radius 1 is 1.19 bits per heavy atom. The number of rotatable bonds is 5. The minimum Gasteiger partial charge on any atom is -0.497 e. The maximum atomic E-state index is 12.5. The fourth-order valence-corrected chi connectivity index (χ4v) is 2.69. The Kier molecular flexibility index (Phi) is 5.57. The summed E-state index contributed by atoms with van der Waals surface area (Å²) in [5.74, 6) is 0.668. The number of aryl methyl sites for hydroxylation is 1. The number of benzene rings is 2. The minimum atomic E-state index is -0.475. The Morgan fingerprint density at radius 3 is 2.59 bits per heavy atom. The van der Waals surface area contributed by atoms with E-state index in [4.69, 9.17) is 16.3 Å². The second kappa shape index (κ2) is 8.05. The number of nitrogens with zero attached hydrogens (tertiary/aromatic N) is 1. The number of amides is 1. The summed E-state index contributed by atoms with van der Waals surface area (Å²) in [4.78, 5) is 31.3. The lowest BCUT2D eigenvalue weighted by Crippen LogP contribution is -2.20. The number of carbonyl (C=O) groups excluding carboxylic acids is 1. The molecule has 0 bridgehead atoms. The number of ether oxygens (including phenoxy) is 1. The van der Waals surface area contributed by atoms with Gasteiger partial charge in [-0.05, 0) is 42.3 Å². The number of aromatic nitrogens is 2. The van der Waals surface area contributed by atoms with E-state index in [0.29, 0.717) is 23.0 Å². The molecule has 0 saturated carbocycles. The number of anilines is 1. The van der Waals surface area contributed by atoms with Crippen molar-refractivity contribution in [3.63, 3.8) is 0 Å². The molecule has 2 aromatic carbocycles. The highest BCUT2D eigenvalue weighted by atomic mass is 35.5. The number of H-pyrrole nitrogens is 1. The first-order valence-electron chi connectivity index (χ1n) is 8.25. The van der Waals surface area contributed by atoms with Crippen molar-refractivity contribution in [1.29, 1.82) is 0 Å². The molecule has 6 nitrogen and oxygen atoms in total. The third-order valence-electron chi connectivity index (χ3n) is 3.98. The average Bonchev–Trinajstić information content (AvgIpc) is 2.65. The zero-order valence-electron chi connectivity index (χ0n) is 14.9. The lowest BCUT2D eigenvalue weighted by atomic mass is 10.1. The van der Waals surface area contributed by atoms with Crippen molar-refractivity contribution >= 4 is 23.2 Å². The van der Waals surface area contributed by atoms with Crippen molar-refractivity contribution in [3.8, 4) is 5.75 Å². The molecule has 1 aromatic heterocycles.